The molecule has 0 bridgehead atoms. The van der Waals surface area contributed by atoms with E-state index in [9.17, 15) is 18.8 Å². The lowest BCUT2D eigenvalue weighted by Gasteiger charge is -2.29. The summed E-state index contributed by atoms with van der Waals surface area (Å²) in [4.78, 5) is 36.0. The quantitative estimate of drug-likeness (QED) is 0.370. The van der Waals surface area contributed by atoms with Crippen LogP contribution in [0.1, 0.15) is 0 Å². The lowest BCUT2D eigenvalue weighted by atomic mass is 10.2. The second-order valence-electron chi connectivity index (χ2n) is 6.40. The van der Waals surface area contributed by atoms with E-state index in [1.807, 2.05) is 0 Å². The third kappa shape index (κ3) is 6.76. The molecule has 0 spiro atoms. The number of halogens is 3. The van der Waals surface area contributed by atoms with Gasteiger partial charge in [-0.2, -0.15) is 5.10 Å². The summed E-state index contributed by atoms with van der Waals surface area (Å²) in [5, 5.41) is 16.3. The number of rotatable bonds is 10. The average Bonchev–Trinajstić information content (AvgIpc) is 2.78. The van der Waals surface area contributed by atoms with Gasteiger partial charge in [-0.15, -0.1) is 0 Å². The number of carbonyl (C=O) groups is 3. The summed E-state index contributed by atoms with van der Waals surface area (Å²) in [5.74, 6) is -1.75. The number of methoxy groups -OCH3 is 1. The molecule has 0 aliphatic carbocycles. The van der Waals surface area contributed by atoms with Gasteiger partial charge < -0.3 is 25.0 Å². The molecule has 0 unspecified atom stereocenters. The number of carbonyl (C=O) groups excluding carboxylic acids is 3. The van der Waals surface area contributed by atoms with E-state index in [0.29, 0.717) is 6.41 Å². The molecule has 1 aliphatic heterocycles. The van der Waals surface area contributed by atoms with E-state index < -0.39 is 35.2 Å². The number of aliphatic hydroxyl groups is 1. The molecule has 1 heterocycles. The highest BCUT2D eigenvalue weighted by Crippen LogP contribution is 2.25. The smallest absolute Gasteiger partial charge is 0.268 e. The number of alkyl halides is 2. The standard InChI is InChI=1S/C18H22Cl2FN5O5/c1-31-13(7-22-18(30)17(19)20)8-25(11-28)12-2-3-15(14(21)6-12)24-4-5-26(23-10-24)16(29)9-27/h2-3,6,10-11,13,17,27H,4-5,7-9H2,1H3,(H,22,30)/t13-/m0/s1. The van der Waals surface area contributed by atoms with Crippen LogP contribution in [0.3, 0.4) is 0 Å². The van der Waals surface area contributed by atoms with Crippen molar-refractivity contribution in [3.8, 4) is 0 Å². The first-order valence-corrected chi connectivity index (χ1v) is 10.00. The number of anilines is 2. The van der Waals surface area contributed by atoms with Crippen molar-refractivity contribution in [2.45, 2.75) is 10.9 Å². The van der Waals surface area contributed by atoms with Crippen LogP contribution in [0.2, 0.25) is 0 Å². The number of hydrogen-bond acceptors (Lipinski definition) is 7. The molecule has 0 aromatic heterocycles. The highest BCUT2D eigenvalue weighted by Gasteiger charge is 2.22. The predicted molar refractivity (Wildman–Crippen MR) is 114 cm³/mol. The Balaban J connectivity index is 2.07. The molecule has 1 aromatic carbocycles. The van der Waals surface area contributed by atoms with Crippen LogP contribution in [0.5, 0.6) is 0 Å². The monoisotopic (exact) mass is 477 g/mol. The van der Waals surface area contributed by atoms with Gasteiger partial charge in [0.15, 0.2) is 4.84 Å². The van der Waals surface area contributed by atoms with E-state index in [1.54, 1.807) is 6.07 Å². The Labute approximate surface area is 188 Å². The van der Waals surface area contributed by atoms with Gasteiger partial charge in [-0.05, 0) is 18.2 Å². The molecule has 0 radical (unpaired) electrons. The molecule has 2 N–H and O–H groups in total. The Morgan fingerprint density at radius 1 is 1.42 bits per heavy atom. The Morgan fingerprint density at radius 2 is 2.16 bits per heavy atom. The fraction of sp³-hybridized carbons (Fsp3) is 0.444. The van der Waals surface area contributed by atoms with E-state index >= 15 is 0 Å². The number of nitrogens with zero attached hydrogens (tertiary/aromatic N) is 4. The molecule has 10 nitrogen and oxygen atoms in total. The molecule has 1 atom stereocenters. The van der Waals surface area contributed by atoms with Gasteiger partial charge in [0, 0.05) is 25.9 Å². The molecule has 3 amide bonds. The summed E-state index contributed by atoms with van der Waals surface area (Å²) in [5.41, 5.74) is 0.489. The van der Waals surface area contributed by atoms with Crippen LogP contribution in [0.15, 0.2) is 23.3 Å². The maximum absolute atomic E-state index is 14.7. The van der Waals surface area contributed by atoms with Crippen molar-refractivity contribution in [1.82, 2.24) is 10.3 Å². The third-order valence-electron chi connectivity index (χ3n) is 4.44. The number of aliphatic hydroxyl groups excluding tert-OH is 1. The molecule has 2 rings (SSSR count). The maximum Gasteiger partial charge on any atom is 0.268 e. The van der Waals surface area contributed by atoms with Gasteiger partial charge in [0.05, 0.1) is 24.9 Å². The van der Waals surface area contributed by atoms with Crippen LogP contribution in [0, 0.1) is 5.82 Å². The number of benzene rings is 1. The second-order valence-corrected chi connectivity index (χ2v) is 7.49. The molecule has 1 aromatic rings. The molecule has 13 heteroatoms. The normalized spacial score (nSPS) is 14.5. The first-order chi connectivity index (χ1) is 14.8. The third-order valence-corrected chi connectivity index (χ3v) is 4.84. The van der Waals surface area contributed by atoms with Gasteiger partial charge in [-0.1, -0.05) is 23.2 Å². The minimum Gasteiger partial charge on any atom is -0.386 e. The number of amides is 3. The molecular formula is C18H22Cl2FN5O5. The SMILES string of the molecule is CO[C@@H](CNC(=O)C(Cl)Cl)CN(C=O)c1ccc(N2C=NN(C(=O)CO)CC2)c(F)c1. The average molecular weight is 478 g/mol. The van der Waals surface area contributed by atoms with E-state index in [4.69, 9.17) is 33.0 Å². The summed E-state index contributed by atoms with van der Waals surface area (Å²) in [6.45, 7) is -0.117. The Bertz CT molecular complexity index is 829. The Kier molecular flexibility index (Phi) is 9.44. The Hall–Kier alpha value is -2.47. The van der Waals surface area contributed by atoms with Crippen LogP contribution in [-0.2, 0) is 19.1 Å². The topological polar surface area (TPSA) is 115 Å². The first kappa shape index (κ1) is 24.8. The highest BCUT2D eigenvalue weighted by molar-refractivity contribution is 6.53. The molecule has 0 saturated heterocycles. The zero-order valence-corrected chi connectivity index (χ0v) is 18.1. The molecule has 0 saturated carbocycles. The molecule has 0 fully saturated rings. The van der Waals surface area contributed by atoms with Gasteiger partial charge >= 0.3 is 0 Å². The van der Waals surface area contributed by atoms with E-state index in [1.165, 1.54) is 35.4 Å². The van der Waals surface area contributed by atoms with Crippen molar-refractivity contribution in [3.05, 3.63) is 24.0 Å². The van der Waals surface area contributed by atoms with Crippen molar-refractivity contribution in [2.24, 2.45) is 5.10 Å². The zero-order chi connectivity index (χ0) is 23.0. The molecule has 31 heavy (non-hydrogen) atoms. The van der Waals surface area contributed by atoms with Gasteiger partial charge in [-0.25, -0.2) is 9.40 Å². The van der Waals surface area contributed by atoms with Crippen molar-refractivity contribution < 1.29 is 28.6 Å². The fourth-order valence-electron chi connectivity index (χ4n) is 2.75. The molecule has 1 aliphatic rings. The van der Waals surface area contributed by atoms with E-state index in [-0.39, 0.29) is 37.6 Å². The lowest BCUT2D eigenvalue weighted by Crippen LogP contribution is -2.42. The summed E-state index contributed by atoms with van der Waals surface area (Å²) in [7, 11) is 1.41. The largest absolute Gasteiger partial charge is 0.386 e. The van der Waals surface area contributed by atoms with Crippen LogP contribution in [0.4, 0.5) is 15.8 Å². The minimum absolute atomic E-state index is 0.0394. The molecular weight excluding hydrogens is 456 g/mol. The lowest BCUT2D eigenvalue weighted by molar-refractivity contribution is -0.134. The predicted octanol–water partition coefficient (Wildman–Crippen LogP) is 0.308. The summed E-state index contributed by atoms with van der Waals surface area (Å²) < 4.78 is 20.0. The Morgan fingerprint density at radius 3 is 2.68 bits per heavy atom. The van der Waals surface area contributed by atoms with Crippen LogP contribution in [-0.4, -0.2) is 85.5 Å². The fourth-order valence-corrected chi connectivity index (χ4v) is 2.90. The van der Waals surface area contributed by atoms with Gasteiger partial charge in [0.25, 0.3) is 11.8 Å². The number of nitrogens with one attached hydrogen (secondary N) is 1. The van der Waals surface area contributed by atoms with Crippen molar-refractivity contribution in [2.75, 3.05) is 49.7 Å². The van der Waals surface area contributed by atoms with E-state index in [0.717, 1.165) is 5.01 Å². The maximum atomic E-state index is 14.7. The second kappa shape index (κ2) is 11.8. The van der Waals surface area contributed by atoms with Crippen LogP contribution < -0.4 is 15.1 Å². The van der Waals surface area contributed by atoms with Crippen molar-refractivity contribution >= 4 is 59.1 Å². The summed E-state index contributed by atoms with van der Waals surface area (Å²) in [6.07, 6.45) is 1.22. The van der Waals surface area contributed by atoms with Crippen LogP contribution in [0.25, 0.3) is 0 Å². The van der Waals surface area contributed by atoms with Crippen LogP contribution >= 0.6 is 23.2 Å². The van der Waals surface area contributed by atoms with Gasteiger partial charge in [0.2, 0.25) is 6.41 Å². The zero-order valence-electron chi connectivity index (χ0n) is 16.6. The highest BCUT2D eigenvalue weighted by atomic mass is 35.5. The minimum atomic E-state index is -1.23. The van der Waals surface area contributed by atoms with Crippen molar-refractivity contribution in [3.63, 3.8) is 0 Å². The summed E-state index contributed by atoms with van der Waals surface area (Å²) in [6, 6.07) is 4.21. The molecule has 170 valence electrons. The number of ether oxygens (including phenoxy) is 1. The first-order valence-electron chi connectivity index (χ1n) is 9.12. The number of hydrazone groups is 1. The van der Waals surface area contributed by atoms with Gasteiger partial charge in [-0.3, -0.25) is 14.4 Å². The summed E-state index contributed by atoms with van der Waals surface area (Å²) >= 11 is 10.9. The van der Waals surface area contributed by atoms with E-state index in [2.05, 4.69) is 10.4 Å². The number of hydrogen-bond donors (Lipinski definition) is 2. The van der Waals surface area contributed by atoms with Crippen molar-refractivity contribution in [1.29, 1.82) is 0 Å². The van der Waals surface area contributed by atoms with Gasteiger partial charge in [0.1, 0.15) is 18.8 Å².